The summed E-state index contributed by atoms with van der Waals surface area (Å²) in [5.74, 6) is -0.844. The molecule has 0 spiro atoms. The lowest BCUT2D eigenvalue weighted by molar-refractivity contribution is -0.870. The zero-order chi connectivity index (χ0) is 64.1. The lowest BCUT2D eigenvalue weighted by Crippen LogP contribution is -2.37. The van der Waals surface area contributed by atoms with Gasteiger partial charge in [0.25, 0.3) is 7.82 Å². The van der Waals surface area contributed by atoms with Crippen molar-refractivity contribution >= 4 is 19.8 Å². The van der Waals surface area contributed by atoms with Gasteiger partial charge in [-0.25, -0.2) is 0 Å². The largest absolute Gasteiger partial charge is 0.756 e. The normalized spacial score (nSPS) is 13.8. The molecule has 0 saturated heterocycles. The molecular formula is C78H138NO8P. The fraction of sp³-hybridized carbons (Fsp3) is 0.744. The van der Waals surface area contributed by atoms with Gasteiger partial charge in [-0.3, -0.25) is 14.2 Å². The van der Waals surface area contributed by atoms with E-state index < -0.39 is 26.5 Å². The molecule has 0 aromatic heterocycles. The third kappa shape index (κ3) is 71.7. The van der Waals surface area contributed by atoms with Crippen molar-refractivity contribution in [3.8, 4) is 0 Å². The number of hydrogen-bond donors (Lipinski definition) is 0. The van der Waals surface area contributed by atoms with E-state index in [-0.39, 0.29) is 32.0 Å². The summed E-state index contributed by atoms with van der Waals surface area (Å²) in [6.07, 6.45) is 96.2. The molecule has 0 aromatic rings. The predicted molar refractivity (Wildman–Crippen MR) is 378 cm³/mol. The maximum atomic E-state index is 12.9. The monoisotopic (exact) mass is 1250 g/mol. The number of esters is 2. The van der Waals surface area contributed by atoms with E-state index in [9.17, 15) is 19.0 Å². The number of unbranched alkanes of at least 4 members (excludes halogenated alkanes) is 35. The van der Waals surface area contributed by atoms with Crippen molar-refractivity contribution in [2.45, 2.75) is 328 Å². The molecular weight excluding hydrogens is 1110 g/mol. The number of carbonyl (C=O) groups excluding carboxylic acids is 2. The zero-order valence-corrected chi connectivity index (χ0v) is 58.8. The van der Waals surface area contributed by atoms with Crippen LogP contribution >= 0.6 is 7.82 Å². The van der Waals surface area contributed by atoms with Crippen LogP contribution in [0.4, 0.5) is 0 Å². The smallest absolute Gasteiger partial charge is 0.306 e. The first kappa shape index (κ1) is 84.7. The Morgan fingerprint density at radius 2 is 0.648 bits per heavy atom. The van der Waals surface area contributed by atoms with E-state index in [0.717, 1.165) is 109 Å². The maximum absolute atomic E-state index is 12.9. The van der Waals surface area contributed by atoms with Crippen LogP contribution in [0.3, 0.4) is 0 Å². The van der Waals surface area contributed by atoms with Gasteiger partial charge in [-0.05, 0) is 103 Å². The van der Waals surface area contributed by atoms with E-state index in [1.807, 2.05) is 21.1 Å². The molecule has 0 aliphatic carbocycles. The highest BCUT2D eigenvalue weighted by Crippen LogP contribution is 2.38. The standard InChI is InChI=1S/C78H138NO8P/c1-6-8-10-12-14-16-18-20-22-24-26-28-30-32-33-34-35-36-37-38-39-40-41-42-43-44-45-47-48-50-52-54-56-58-60-62-64-66-68-70-77(80)84-74-76(75-86-88(82,83)85-73-72-79(3,4)5)87-78(81)71-69-67-65-63-61-59-57-55-53-51-49-46-31-29-27-25-23-21-19-17-15-13-11-9-7-2/h9,11,15,17-18,20-21,23-24,26-27,29-30,32,46,49,53,55,76H,6-8,10,12-14,16,19,22,25,28,31,33-45,47-48,50-52,54,56-75H2,1-5H3/b11-9-,17-15-,20-18-,23-21-,26-24-,29-27-,32-30-,49-46-,55-53-. The SMILES string of the molecule is CC/C=C\C/C=C\C/C=C\C/C=C\C/C=C\C/C=C\CCCCCCCCC(=O)OC(COC(=O)CCCCCCCCCCCCCCCCCCCCCCCCCC/C=C\C/C=C\C/C=C\CCCCCCC)COP(=O)([O-])OCC[N+](C)(C)C. The number of hydrogen-bond acceptors (Lipinski definition) is 8. The van der Waals surface area contributed by atoms with E-state index in [1.54, 1.807) is 0 Å². The molecule has 0 rings (SSSR count). The van der Waals surface area contributed by atoms with Crippen LogP contribution in [0, 0.1) is 0 Å². The second-order valence-corrected chi connectivity index (χ2v) is 27.0. The number of rotatable bonds is 67. The molecule has 0 saturated carbocycles. The van der Waals surface area contributed by atoms with E-state index in [1.165, 1.54) is 180 Å². The summed E-state index contributed by atoms with van der Waals surface area (Å²) in [5, 5.41) is 0. The lowest BCUT2D eigenvalue weighted by atomic mass is 10.0. The van der Waals surface area contributed by atoms with Gasteiger partial charge in [0.2, 0.25) is 0 Å². The number of ether oxygens (including phenoxy) is 2. The van der Waals surface area contributed by atoms with Gasteiger partial charge < -0.3 is 27.9 Å². The second-order valence-electron chi connectivity index (χ2n) is 25.6. The Labute approximate surface area is 544 Å². The zero-order valence-electron chi connectivity index (χ0n) is 57.9. The third-order valence-corrected chi connectivity index (χ3v) is 16.7. The summed E-state index contributed by atoms with van der Waals surface area (Å²) in [6, 6.07) is 0. The van der Waals surface area contributed by atoms with E-state index >= 15 is 0 Å². The van der Waals surface area contributed by atoms with E-state index in [0.29, 0.717) is 17.4 Å². The molecule has 2 atom stereocenters. The highest BCUT2D eigenvalue weighted by Gasteiger charge is 2.22. The molecule has 508 valence electrons. The van der Waals surface area contributed by atoms with Crippen LogP contribution in [0.25, 0.3) is 0 Å². The van der Waals surface area contributed by atoms with Crippen LogP contribution in [-0.4, -0.2) is 70.0 Å². The Kier molecular flexibility index (Phi) is 65.5. The Morgan fingerprint density at radius 1 is 0.364 bits per heavy atom. The second kappa shape index (κ2) is 68.0. The quantitative estimate of drug-likeness (QED) is 0.0195. The maximum Gasteiger partial charge on any atom is 0.306 e. The van der Waals surface area contributed by atoms with Crippen molar-refractivity contribution < 1.29 is 42.1 Å². The van der Waals surface area contributed by atoms with Crippen LogP contribution < -0.4 is 4.89 Å². The number of phosphoric ester groups is 1. The van der Waals surface area contributed by atoms with Gasteiger partial charge in [0.15, 0.2) is 6.10 Å². The Hall–Kier alpha value is -3.33. The number of carbonyl (C=O) groups is 2. The average Bonchev–Trinajstić information content (AvgIpc) is 3.57. The number of phosphoric acid groups is 1. The molecule has 9 nitrogen and oxygen atoms in total. The molecule has 0 radical (unpaired) electrons. The summed E-state index contributed by atoms with van der Waals surface area (Å²) in [7, 11) is 1.15. The Morgan fingerprint density at radius 3 is 0.966 bits per heavy atom. The first-order valence-corrected chi connectivity index (χ1v) is 38.1. The lowest BCUT2D eigenvalue weighted by Gasteiger charge is -2.28. The van der Waals surface area contributed by atoms with Crippen molar-refractivity contribution in [2.24, 2.45) is 0 Å². The molecule has 0 aliphatic rings. The summed E-state index contributed by atoms with van der Waals surface area (Å²) in [5.41, 5.74) is 0. The van der Waals surface area contributed by atoms with Gasteiger partial charge in [0.1, 0.15) is 19.8 Å². The summed E-state index contributed by atoms with van der Waals surface area (Å²) >= 11 is 0. The Balaban J connectivity index is 3.98. The van der Waals surface area contributed by atoms with Gasteiger partial charge >= 0.3 is 11.9 Å². The van der Waals surface area contributed by atoms with Crippen molar-refractivity contribution in [3.63, 3.8) is 0 Å². The predicted octanol–water partition coefficient (Wildman–Crippen LogP) is 23.4. The van der Waals surface area contributed by atoms with E-state index in [4.69, 9.17) is 18.5 Å². The first-order valence-electron chi connectivity index (χ1n) is 36.6. The summed E-state index contributed by atoms with van der Waals surface area (Å²) in [6.45, 7) is 4.12. The first-order chi connectivity index (χ1) is 43.0. The molecule has 0 fully saturated rings. The topological polar surface area (TPSA) is 111 Å². The molecule has 0 aromatic carbocycles. The van der Waals surface area contributed by atoms with Crippen molar-refractivity contribution in [1.82, 2.24) is 0 Å². The Bertz CT molecular complexity index is 1850. The van der Waals surface area contributed by atoms with Gasteiger partial charge in [0.05, 0.1) is 27.7 Å². The van der Waals surface area contributed by atoms with Crippen LogP contribution in [0.15, 0.2) is 109 Å². The van der Waals surface area contributed by atoms with Gasteiger partial charge in [0, 0.05) is 12.8 Å². The minimum atomic E-state index is -4.65. The highest BCUT2D eigenvalue weighted by atomic mass is 31.2. The molecule has 0 heterocycles. The number of nitrogens with zero attached hydrogens (tertiary/aromatic N) is 1. The van der Waals surface area contributed by atoms with Gasteiger partial charge in [-0.15, -0.1) is 0 Å². The van der Waals surface area contributed by atoms with Crippen molar-refractivity contribution in [1.29, 1.82) is 0 Å². The van der Waals surface area contributed by atoms with Crippen molar-refractivity contribution in [2.75, 3.05) is 47.5 Å². The molecule has 0 N–H and O–H groups in total. The van der Waals surface area contributed by atoms with Crippen LogP contribution in [-0.2, 0) is 32.7 Å². The number of quaternary nitrogens is 1. The third-order valence-electron chi connectivity index (χ3n) is 15.8. The number of likely N-dealkylation sites (N-methyl/N-ethyl adjacent to an activating group) is 1. The molecule has 2 unspecified atom stereocenters. The minimum Gasteiger partial charge on any atom is -0.756 e. The molecule has 10 heteroatoms. The van der Waals surface area contributed by atoms with Crippen LogP contribution in [0.5, 0.6) is 0 Å². The van der Waals surface area contributed by atoms with Gasteiger partial charge in [-0.1, -0.05) is 316 Å². The fourth-order valence-corrected chi connectivity index (χ4v) is 10.9. The van der Waals surface area contributed by atoms with Gasteiger partial charge in [-0.2, -0.15) is 0 Å². The van der Waals surface area contributed by atoms with Crippen molar-refractivity contribution in [3.05, 3.63) is 109 Å². The number of allylic oxidation sites excluding steroid dienone is 18. The molecule has 0 amide bonds. The fourth-order valence-electron chi connectivity index (χ4n) is 10.2. The minimum absolute atomic E-state index is 0.0376. The molecule has 88 heavy (non-hydrogen) atoms. The van der Waals surface area contributed by atoms with Crippen LogP contribution in [0.2, 0.25) is 0 Å². The van der Waals surface area contributed by atoms with E-state index in [2.05, 4.69) is 123 Å². The summed E-state index contributed by atoms with van der Waals surface area (Å²) < 4.78 is 34.3. The average molecular weight is 1250 g/mol. The molecule has 0 aliphatic heterocycles. The summed E-state index contributed by atoms with van der Waals surface area (Å²) in [4.78, 5) is 38.1. The van der Waals surface area contributed by atoms with Crippen LogP contribution in [0.1, 0.15) is 322 Å². The highest BCUT2D eigenvalue weighted by molar-refractivity contribution is 7.45. The molecule has 0 bridgehead atoms.